The highest BCUT2D eigenvalue weighted by Crippen LogP contribution is 2.16. The van der Waals surface area contributed by atoms with Gasteiger partial charge >= 0.3 is 5.97 Å². The summed E-state index contributed by atoms with van der Waals surface area (Å²) in [6.45, 7) is 6.40. The zero-order valence-corrected chi connectivity index (χ0v) is 10.3. The van der Waals surface area contributed by atoms with Crippen LogP contribution >= 0.6 is 11.3 Å². The lowest BCUT2D eigenvalue weighted by molar-refractivity contribution is -0.142. The van der Waals surface area contributed by atoms with Crippen LogP contribution in [0.2, 0.25) is 0 Å². The number of aryl methyl sites for hydroxylation is 2. The third-order valence-corrected chi connectivity index (χ3v) is 3.20. The lowest BCUT2D eigenvalue weighted by atomic mass is 10.3. The highest BCUT2D eigenvalue weighted by atomic mass is 32.1. The van der Waals surface area contributed by atoms with Gasteiger partial charge in [-0.3, -0.25) is 10.1 Å². The summed E-state index contributed by atoms with van der Waals surface area (Å²) in [6.07, 6.45) is 0. The van der Waals surface area contributed by atoms with Gasteiger partial charge in [0, 0.05) is 11.4 Å². The summed E-state index contributed by atoms with van der Waals surface area (Å²) in [6, 6.07) is -0.281. The summed E-state index contributed by atoms with van der Waals surface area (Å²) in [5, 5.41) is 4.15. The molecular formula is C10H16N2O2S. The second-order valence-corrected chi connectivity index (χ2v) is 4.65. The number of aromatic nitrogens is 1. The maximum Gasteiger partial charge on any atom is 0.322 e. The smallest absolute Gasteiger partial charge is 0.322 e. The summed E-state index contributed by atoms with van der Waals surface area (Å²) in [7, 11) is 1.39. The maximum atomic E-state index is 11.1. The monoisotopic (exact) mass is 228 g/mol. The minimum Gasteiger partial charge on any atom is -0.468 e. The first-order chi connectivity index (χ1) is 7.04. The Morgan fingerprint density at radius 1 is 1.60 bits per heavy atom. The van der Waals surface area contributed by atoms with Crippen LogP contribution in [-0.4, -0.2) is 24.1 Å². The molecule has 0 spiro atoms. The van der Waals surface area contributed by atoms with Crippen molar-refractivity contribution in [3.63, 3.8) is 0 Å². The highest BCUT2D eigenvalue weighted by molar-refractivity contribution is 7.11. The van der Waals surface area contributed by atoms with E-state index in [2.05, 4.69) is 15.0 Å². The molecule has 15 heavy (non-hydrogen) atoms. The van der Waals surface area contributed by atoms with Crippen molar-refractivity contribution in [1.82, 2.24) is 10.3 Å². The van der Waals surface area contributed by atoms with Gasteiger partial charge in [-0.15, -0.1) is 11.3 Å². The van der Waals surface area contributed by atoms with E-state index in [1.807, 2.05) is 13.8 Å². The van der Waals surface area contributed by atoms with Gasteiger partial charge in [-0.25, -0.2) is 4.98 Å². The van der Waals surface area contributed by atoms with E-state index in [1.54, 1.807) is 18.3 Å². The van der Waals surface area contributed by atoms with Gasteiger partial charge in [-0.2, -0.15) is 0 Å². The normalized spacial score (nSPS) is 12.5. The van der Waals surface area contributed by atoms with Crippen LogP contribution in [0.25, 0.3) is 0 Å². The quantitative estimate of drug-likeness (QED) is 0.792. The topological polar surface area (TPSA) is 51.2 Å². The number of thiazole rings is 1. The number of rotatable bonds is 4. The zero-order chi connectivity index (χ0) is 11.4. The Bertz CT molecular complexity index is 349. The van der Waals surface area contributed by atoms with Gasteiger partial charge in [0.1, 0.15) is 6.04 Å². The SMILES string of the molecule is COC(=O)C(C)NCc1sc(C)nc1C. The van der Waals surface area contributed by atoms with E-state index in [4.69, 9.17) is 0 Å². The molecule has 0 amide bonds. The fraction of sp³-hybridized carbons (Fsp3) is 0.600. The number of nitrogens with zero attached hydrogens (tertiary/aromatic N) is 1. The van der Waals surface area contributed by atoms with Gasteiger partial charge in [0.25, 0.3) is 0 Å². The van der Waals surface area contributed by atoms with Crippen LogP contribution in [0.5, 0.6) is 0 Å². The van der Waals surface area contributed by atoms with Gasteiger partial charge in [-0.1, -0.05) is 0 Å². The van der Waals surface area contributed by atoms with Crippen LogP contribution in [0.1, 0.15) is 22.5 Å². The number of carbonyl (C=O) groups is 1. The molecular weight excluding hydrogens is 212 g/mol. The molecule has 0 saturated carbocycles. The Balaban J connectivity index is 2.50. The van der Waals surface area contributed by atoms with Crippen molar-refractivity contribution < 1.29 is 9.53 Å². The second-order valence-electron chi connectivity index (χ2n) is 3.37. The first kappa shape index (κ1) is 12.1. The molecule has 1 unspecified atom stereocenters. The molecule has 1 N–H and O–H groups in total. The van der Waals surface area contributed by atoms with Crippen molar-refractivity contribution in [3.05, 3.63) is 15.6 Å². The third-order valence-electron chi connectivity index (χ3n) is 2.12. The number of carbonyl (C=O) groups excluding carboxylic acids is 1. The number of esters is 1. The van der Waals surface area contributed by atoms with E-state index in [0.717, 1.165) is 10.7 Å². The Morgan fingerprint density at radius 2 is 2.27 bits per heavy atom. The summed E-state index contributed by atoms with van der Waals surface area (Å²) < 4.78 is 4.62. The molecule has 0 fully saturated rings. The van der Waals surface area contributed by atoms with E-state index >= 15 is 0 Å². The molecule has 0 bridgehead atoms. The molecule has 0 aliphatic carbocycles. The van der Waals surface area contributed by atoms with Crippen molar-refractivity contribution in [2.24, 2.45) is 0 Å². The predicted octanol–water partition coefficient (Wildman–Crippen LogP) is 1.41. The summed E-state index contributed by atoms with van der Waals surface area (Å²) in [5.74, 6) is -0.242. The molecule has 4 nitrogen and oxygen atoms in total. The lowest BCUT2D eigenvalue weighted by Crippen LogP contribution is -2.34. The molecule has 84 valence electrons. The van der Waals surface area contributed by atoms with Gasteiger partial charge in [0.15, 0.2) is 0 Å². The van der Waals surface area contributed by atoms with Gasteiger partial charge in [-0.05, 0) is 20.8 Å². The molecule has 1 atom stereocenters. The minimum atomic E-state index is -0.281. The number of nitrogens with one attached hydrogen (secondary N) is 1. The van der Waals surface area contributed by atoms with Gasteiger partial charge in [0.2, 0.25) is 0 Å². The van der Waals surface area contributed by atoms with Crippen LogP contribution in [-0.2, 0) is 16.1 Å². The second kappa shape index (κ2) is 5.23. The maximum absolute atomic E-state index is 11.1. The highest BCUT2D eigenvalue weighted by Gasteiger charge is 2.13. The van der Waals surface area contributed by atoms with Crippen LogP contribution < -0.4 is 5.32 Å². The average molecular weight is 228 g/mol. The average Bonchev–Trinajstić information content (AvgIpc) is 2.52. The molecule has 0 radical (unpaired) electrons. The van der Waals surface area contributed by atoms with Gasteiger partial charge in [0.05, 0.1) is 17.8 Å². The predicted molar refractivity (Wildman–Crippen MR) is 59.9 cm³/mol. The number of hydrogen-bond acceptors (Lipinski definition) is 5. The lowest BCUT2D eigenvalue weighted by Gasteiger charge is -2.10. The van der Waals surface area contributed by atoms with E-state index in [-0.39, 0.29) is 12.0 Å². The standard InChI is InChI=1S/C10H16N2O2S/c1-6-9(15-8(3)12-6)5-11-7(2)10(13)14-4/h7,11H,5H2,1-4H3. The molecule has 1 aromatic rings. The van der Waals surface area contributed by atoms with Crippen molar-refractivity contribution in [1.29, 1.82) is 0 Å². The van der Waals surface area contributed by atoms with Crippen molar-refractivity contribution in [3.8, 4) is 0 Å². The first-order valence-electron chi connectivity index (χ1n) is 4.78. The van der Waals surface area contributed by atoms with Crippen molar-refractivity contribution in [2.75, 3.05) is 7.11 Å². The largest absolute Gasteiger partial charge is 0.468 e. The molecule has 1 aromatic heterocycles. The third kappa shape index (κ3) is 3.28. The number of methoxy groups -OCH3 is 1. The molecule has 1 rings (SSSR count). The van der Waals surface area contributed by atoms with E-state index in [0.29, 0.717) is 6.54 Å². The number of ether oxygens (including phenoxy) is 1. The number of hydrogen-bond donors (Lipinski definition) is 1. The van der Waals surface area contributed by atoms with Gasteiger partial charge < -0.3 is 4.74 Å². The Kier molecular flexibility index (Phi) is 4.23. The summed E-state index contributed by atoms with van der Waals surface area (Å²) in [5.41, 5.74) is 1.03. The molecule has 0 saturated heterocycles. The Morgan fingerprint density at radius 3 is 2.73 bits per heavy atom. The summed E-state index contributed by atoms with van der Waals surface area (Å²) in [4.78, 5) is 16.6. The first-order valence-corrected chi connectivity index (χ1v) is 5.60. The van der Waals surface area contributed by atoms with E-state index < -0.39 is 0 Å². The van der Waals surface area contributed by atoms with Crippen LogP contribution in [0.4, 0.5) is 0 Å². The van der Waals surface area contributed by atoms with Crippen LogP contribution in [0.3, 0.4) is 0 Å². The zero-order valence-electron chi connectivity index (χ0n) is 9.46. The summed E-state index contributed by atoms with van der Waals surface area (Å²) >= 11 is 1.65. The fourth-order valence-electron chi connectivity index (χ4n) is 1.24. The Labute approximate surface area is 93.7 Å². The molecule has 0 aromatic carbocycles. The fourth-order valence-corrected chi connectivity index (χ4v) is 2.13. The van der Waals surface area contributed by atoms with Crippen LogP contribution in [0.15, 0.2) is 0 Å². The van der Waals surface area contributed by atoms with E-state index in [1.165, 1.54) is 12.0 Å². The minimum absolute atomic E-state index is 0.242. The van der Waals surface area contributed by atoms with Crippen molar-refractivity contribution in [2.45, 2.75) is 33.4 Å². The molecule has 1 heterocycles. The van der Waals surface area contributed by atoms with E-state index in [9.17, 15) is 4.79 Å². The molecule has 5 heteroatoms. The molecule has 0 aliphatic rings. The molecule has 0 aliphatic heterocycles. The Hall–Kier alpha value is -0.940. The van der Waals surface area contributed by atoms with Crippen molar-refractivity contribution >= 4 is 17.3 Å². The van der Waals surface area contributed by atoms with Crippen LogP contribution in [0, 0.1) is 13.8 Å².